The highest BCUT2D eigenvalue weighted by Crippen LogP contribution is 2.10. The predicted molar refractivity (Wildman–Crippen MR) is 111 cm³/mol. The van der Waals surface area contributed by atoms with Gasteiger partial charge in [-0.05, 0) is 31.0 Å². The number of rotatable bonds is 7. The molecule has 3 rings (SSSR count). The molecule has 1 aromatic heterocycles. The molecule has 2 aromatic carbocycles. The SMILES string of the molecule is CCNC(=NCc1cccc(Cn2ccnc2C)c1)NCc1ccccc1F. The van der Waals surface area contributed by atoms with Gasteiger partial charge in [0.25, 0.3) is 0 Å². The molecule has 0 fully saturated rings. The van der Waals surface area contributed by atoms with Crippen molar-refractivity contribution in [3.63, 3.8) is 0 Å². The van der Waals surface area contributed by atoms with Gasteiger partial charge in [0, 0.05) is 37.6 Å². The number of aliphatic imine (C=N–C) groups is 1. The van der Waals surface area contributed by atoms with E-state index in [1.807, 2.05) is 38.4 Å². The van der Waals surface area contributed by atoms with Crippen molar-refractivity contribution >= 4 is 5.96 Å². The monoisotopic (exact) mass is 379 g/mol. The van der Waals surface area contributed by atoms with Crippen molar-refractivity contribution in [3.05, 3.63) is 89.3 Å². The van der Waals surface area contributed by atoms with Gasteiger partial charge < -0.3 is 15.2 Å². The molecule has 0 aliphatic heterocycles. The van der Waals surface area contributed by atoms with Gasteiger partial charge in [0.1, 0.15) is 11.6 Å². The summed E-state index contributed by atoms with van der Waals surface area (Å²) in [5, 5.41) is 6.40. The minimum atomic E-state index is -0.214. The van der Waals surface area contributed by atoms with Gasteiger partial charge in [0.2, 0.25) is 0 Å². The minimum absolute atomic E-state index is 0.214. The normalized spacial score (nSPS) is 11.5. The minimum Gasteiger partial charge on any atom is -0.357 e. The standard InChI is InChI=1S/C22H26FN5/c1-3-24-22(27-15-20-9-4-5-10-21(20)23)26-14-18-7-6-8-19(13-18)16-28-12-11-25-17(28)2/h4-13H,3,14-16H2,1-2H3,(H2,24,26,27). The van der Waals surface area contributed by atoms with Gasteiger partial charge in [0.15, 0.2) is 5.96 Å². The van der Waals surface area contributed by atoms with E-state index in [4.69, 9.17) is 0 Å². The highest BCUT2D eigenvalue weighted by molar-refractivity contribution is 5.79. The molecule has 1 heterocycles. The Kier molecular flexibility index (Phi) is 6.78. The van der Waals surface area contributed by atoms with Crippen LogP contribution >= 0.6 is 0 Å². The first kappa shape index (κ1) is 19.6. The maximum atomic E-state index is 13.8. The largest absolute Gasteiger partial charge is 0.357 e. The fourth-order valence-corrected chi connectivity index (χ4v) is 2.93. The van der Waals surface area contributed by atoms with Crippen LogP contribution in [0.25, 0.3) is 0 Å². The zero-order valence-electron chi connectivity index (χ0n) is 16.3. The number of nitrogens with one attached hydrogen (secondary N) is 2. The molecule has 0 amide bonds. The molecular weight excluding hydrogens is 353 g/mol. The molecule has 0 aliphatic rings. The summed E-state index contributed by atoms with van der Waals surface area (Å²) in [5.41, 5.74) is 2.95. The molecule has 146 valence electrons. The van der Waals surface area contributed by atoms with Crippen LogP contribution in [0.5, 0.6) is 0 Å². The lowest BCUT2D eigenvalue weighted by Crippen LogP contribution is -2.37. The number of hydrogen-bond acceptors (Lipinski definition) is 2. The van der Waals surface area contributed by atoms with Crippen LogP contribution in [0.3, 0.4) is 0 Å². The molecule has 2 N–H and O–H groups in total. The first-order valence-corrected chi connectivity index (χ1v) is 9.47. The molecule has 28 heavy (non-hydrogen) atoms. The van der Waals surface area contributed by atoms with Crippen molar-refractivity contribution in [1.29, 1.82) is 0 Å². The van der Waals surface area contributed by atoms with E-state index in [0.29, 0.717) is 24.6 Å². The summed E-state index contributed by atoms with van der Waals surface area (Å²) in [6.07, 6.45) is 3.80. The Balaban J connectivity index is 1.64. The van der Waals surface area contributed by atoms with E-state index >= 15 is 0 Å². The van der Waals surface area contributed by atoms with E-state index in [0.717, 1.165) is 24.5 Å². The average molecular weight is 379 g/mol. The third-order valence-corrected chi connectivity index (χ3v) is 4.44. The number of halogens is 1. The van der Waals surface area contributed by atoms with Crippen molar-refractivity contribution in [2.24, 2.45) is 4.99 Å². The Morgan fingerprint density at radius 2 is 1.93 bits per heavy atom. The summed E-state index contributed by atoms with van der Waals surface area (Å²) in [7, 11) is 0. The number of hydrogen-bond donors (Lipinski definition) is 2. The van der Waals surface area contributed by atoms with E-state index in [1.165, 1.54) is 11.6 Å². The van der Waals surface area contributed by atoms with Crippen molar-refractivity contribution < 1.29 is 4.39 Å². The number of benzene rings is 2. The summed E-state index contributed by atoms with van der Waals surface area (Å²) < 4.78 is 15.9. The molecule has 0 atom stereocenters. The van der Waals surface area contributed by atoms with Crippen LogP contribution < -0.4 is 10.6 Å². The molecule has 3 aromatic rings. The van der Waals surface area contributed by atoms with Crippen LogP contribution in [0.15, 0.2) is 65.9 Å². The van der Waals surface area contributed by atoms with E-state index < -0.39 is 0 Å². The molecule has 0 spiro atoms. The number of aryl methyl sites for hydroxylation is 1. The molecule has 0 saturated heterocycles. The second-order valence-electron chi connectivity index (χ2n) is 6.56. The maximum absolute atomic E-state index is 13.8. The Morgan fingerprint density at radius 1 is 1.11 bits per heavy atom. The van der Waals surface area contributed by atoms with Gasteiger partial charge >= 0.3 is 0 Å². The van der Waals surface area contributed by atoms with Gasteiger partial charge in [-0.1, -0.05) is 42.5 Å². The lowest BCUT2D eigenvalue weighted by Gasteiger charge is -2.12. The molecule has 0 aliphatic carbocycles. The van der Waals surface area contributed by atoms with Gasteiger partial charge in [-0.3, -0.25) is 0 Å². The molecule has 0 saturated carbocycles. The van der Waals surface area contributed by atoms with Gasteiger partial charge in [-0.25, -0.2) is 14.4 Å². The Bertz CT molecular complexity index is 932. The Hall–Kier alpha value is -3.15. The molecular formula is C22H26FN5. The van der Waals surface area contributed by atoms with Crippen molar-refractivity contribution in [2.45, 2.75) is 33.5 Å². The Morgan fingerprint density at radius 3 is 2.68 bits per heavy atom. The first-order chi connectivity index (χ1) is 13.7. The highest BCUT2D eigenvalue weighted by Gasteiger charge is 2.04. The van der Waals surface area contributed by atoms with Crippen molar-refractivity contribution in [2.75, 3.05) is 6.54 Å². The highest BCUT2D eigenvalue weighted by atomic mass is 19.1. The van der Waals surface area contributed by atoms with Crippen molar-refractivity contribution in [3.8, 4) is 0 Å². The van der Waals surface area contributed by atoms with Gasteiger partial charge in [-0.2, -0.15) is 0 Å². The van der Waals surface area contributed by atoms with Crippen LogP contribution in [0, 0.1) is 12.7 Å². The van der Waals surface area contributed by atoms with Crippen LogP contribution in [0.1, 0.15) is 29.4 Å². The summed E-state index contributed by atoms with van der Waals surface area (Å²) in [4.78, 5) is 8.90. The third-order valence-electron chi connectivity index (χ3n) is 4.44. The topological polar surface area (TPSA) is 54.2 Å². The van der Waals surface area contributed by atoms with Crippen LogP contribution in [0.2, 0.25) is 0 Å². The van der Waals surface area contributed by atoms with Crippen LogP contribution in [-0.4, -0.2) is 22.1 Å². The molecule has 6 heteroatoms. The summed E-state index contributed by atoms with van der Waals surface area (Å²) in [6, 6.07) is 15.1. The third kappa shape index (κ3) is 5.42. The molecule has 5 nitrogen and oxygen atoms in total. The van der Waals surface area contributed by atoms with Gasteiger partial charge in [0.05, 0.1) is 6.54 Å². The first-order valence-electron chi connectivity index (χ1n) is 9.47. The lowest BCUT2D eigenvalue weighted by molar-refractivity contribution is 0.604. The number of guanidine groups is 1. The molecule has 0 radical (unpaired) electrons. The van der Waals surface area contributed by atoms with E-state index in [1.54, 1.807) is 12.1 Å². The second kappa shape index (κ2) is 9.69. The molecule has 0 unspecified atom stereocenters. The maximum Gasteiger partial charge on any atom is 0.191 e. The number of aromatic nitrogens is 2. The average Bonchev–Trinajstić information content (AvgIpc) is 3.10. The fourth-order valence-electron chi connectivity index (χ4n) is 2.93. The summed E-state index contributed by atoms with van der Waals surface area (Å²) >= 11 is 0. The second-order valence-corrected chi connectivity index (χ2v) is 6.56. The van der Waals surface area contributed by atoms with E-state index in [-0.39, 0.29) is 5.82 Å². The fraction of sp³-hybridized carbons (Fsp3) is 0.273. The zero-order valence-corrected chi connectivity index (χ0v) is 16.3. The number of imidazole rings is 1. The molecule has 0 bridgehead atoms. The van der Waals surface area contributed by atoms with Gasteiger partial charge in [-0.15, -0.1) is 0 Å². The smallest absolute Gasteiger partial charge is 0.191 e. The van der Waals surface area contributed by atoms with Crippen molar-refractivity contribution in [1.82, 2.24) is 20.2 Å². The zero-order chi connectivity index (χ0) is 19.8. The summed E-state index contributed by atoms with van der Waals surface area (Å²) in [5.74, 6) is 1.45. The lowest BCUT2D eigenvalue weighted by atomic mass is 10.1. The van der Waals surface area contributed by atoms with E-state index in [2.05, 4.69) is 43.4 Å². The quantitative estimate of drug-likeness (QED) is 0.487. The van der Waals surface area contributed by atoms with Crippen LogP contribution in [0.4, 0.5) is 4.39 Å². The Labute approximate surface area is 165 Å². The summed E-state index contributed by atoms with van der Waals surface area (Å²) in [6.45, 7) is 6.46. The van der Waals surface area contributed by atoms with E-state index in [9.17, 15) is 4.39 Å². The predicted octanol–water partition coefficient (Wildman–Crippen LogP) is 3.63. The number of nitrogens with zero attached hydrogens (tertiary/aromatic N) is 3. The van der Waals surface area contributed by atoms with Crippen LogP contribution in [-0.2, 0) is 19.6 Å².